The van der Waals surface area contributed by atoms with Crippen LogP contribution in [0.15, 0.2) is 48.5 Å². The average molecular weight is 741 g/mol. The molecule has 2 aromatic carbocycles. The van der Waals surface area contributed by atoms with Gasteiger partial charge in [0.2, 0.25) is 23.6 Å². The lowest BCUT2D eigenvalue weighted by molar-refractivity contribution is -0.133. The van der Waals surface area contributed by atoms with Crippen LogP contribution < -0.4 is 21.3 Å². The topological polar surface area (TPSA) is 157 Å². The second-order valence-electron chi connectivity index (χ2n) is 13.8. The van der Waals surface area contributed by atoms with E-state index in [0.29, 0.717) is 29.8 Å². The summed E-state index contributed by atoms with van der Waals surface area (Å²) in [4.78, 5) is 52.7. The molecule has 0 bridgehead atoms. The molecule has 0 heterocycles. The number of benzene rings is 2. The van der Waals surface area contributed by atoms with Crippen LogP contribution in [-0.4, -0.2) is 70.5 Å². The van der Waals surface area contributed by atoms with Gasteiger partial charge in [-0.1, -0.05) is 115 Å². The molecule has 2 aromatic rings. The molecule has 0 radical (unpaired) electrons. The number of unbranched alkanes of at least 4 members (excludes halogenated alkanes) is 13. The number of nitrogens with one attached hydrogen (secondary N) is 4. The van der Waals surface area contributed by atoms with Crippen molar-refractivity contribution in [3.63, 3.8) is 0 Å². The predicted octanol–water partition coefficient (Wildman–Crippen LogP) is 6.71. The summed E-state index contributed by atoms with van der Waals surface area (Å²) in [5.41, 5.74) is 1.40. The van der Waals surface area contributed by atoms with Gasteiger partial charge in [-0.3, -0.25) is 19.2 Å². The van der Waals surface area contributed by atoms with Crippen molar-refractivity contribution in [2.75, 3.05) is 18.6 Å². The maximum absolute atomic E-state index is 13.8. The van der Waals surface area contributed by atoms with Crippen LogP contribution >= 0.6 is 11.8 Å². The van der Waals surface area contributed by atoms with E-state index in [4.69, 9.17) is 0 Å². The first kappa shape index (κ1) is 44.4. The van der Waals surface area contributed by atoms with Crippen LogP contribution in [0.5, 0.6) is 11.5 Å². The zero-order chi connectivity index (χ0) is 38.0. The highest BCUT2D eigenvalue weighted by atomic mass is 32.2. The van der Waals surface area contributed by atoms with Crippen molar-refractivity contribution in [1.29, 1.82) is 0 Å². The van der Waals surface area contributed by atoms with Crippen LogP contribution in [0.3, 0.4) is 0 Å². The summed E-state index contributed by atoms with van der Waals surface area (Å²) in [5, 5.41) is 30.8. The third-order valence-corrected chi connectivity index (χ3v) is 9.80. The van der Waals surface area contributed by atoms with Crippen molar-refractivity contribution in [3.8, 4) is 11.5 Å². The van der Waals surface area contributed by atoms with Gasteiger partial charge in [-0.25, -0.2) is 0 Å². The Kier molecular flexibility index (Phi) is 23.0. The Morgan fingerprint density at radius 2 is 0.981 bits per heavy atom. The van der Waals surface area contributed by atoms with Crippen LogP contribution in [0.25, 0.3) is 0 Å². The molecule has 0 aromatic heterocycles. The largest absolute Gasteiger partial charge is 0.508 e. The van der Waals surface area contributed by atoms with E-state index >= 15 is 0 Å². The quantitative estimate of drug-likeness (QED) is 0.0530. The fraction of sp³-hybridized carbons (Fsp3) is 0.610. The molecule has 0 aliphatic heterocycles. The molecule has 11 heteroatoms. The van der Waals surface area contributed by atoms with Gasteiger partial charge in [-0.2, -0.15) is 11.8 Å². The van der Waals surface area contributed by atoms with Gasteiger partial charge >= 0.3 is 0 Å². The lowest BCUT2D eigenvalue weighted by Crippen LogP contribution is -2.57. The fourth-order valence-electron chi connectivity index (χ4n) is 6.10. The molecule has 3 atom stereocenters. The van der Waals surface area contributed by atoms with Gasteiger partial charge in [0.05, 0.1) is 0 Å². The number of amides is 4. The third-order valence-electron chi connectivity index (χ3n) is 9.15. The zero-order valence-corrected chi connectivity index (χ0v) is 32.5. The van der Waals surface area contributed by atoms with Crippen molar-refractivity contribution in [2.45, 2.75) is 141 Å². The molecule has 6 N–H and O–H groups in total. The number of rotatable bonds is 28. The molecule has 0 saturated heterocycles. The Bertz CT molecular complexity index is 1310. The first-order valence-corrected chi connectivity index (χ1v) is 20.7. The van der Waals surface area contributed by atoms with E-state index in [1.165, 1.54) is 102 Å². The van der Waals surface area contributed by atoms with E-state index in [0.717, 1.165) is 19.3 Å². The maximum Gasteiger partial charge on any atom is 0.243 e. The normalized spacial score (nSPS) is 12.8. The highest BCUT2D eigenvalue weighted by molar-refractivity contribution is 7.98. The number of aromatic hydroxyl groups is 2. The van der Waals surface area contributed by atoms with Gasteiger partial charge in [-0.05, 0) is 60.2 Å². The minimum Gasteiger partial charge on any atom is -0.508 e. The second-order valence-corrected chi connectivity index (χ2v) is 14.8. The summed E-state index contributed by atoms with van der Waals surface area (Å²) < 4.78 is 0. The Morgan fingerprint density at radius 1 is 0.577 bits per heavy atom. The monoisotopic (exact) mass is 740 g/mol. The molecule has 290 valence electrons. The Morgan fingerprint density at radius 3 is 1.40 bits per heavy atom. The SMILES string of the molecule is CCCCCCCCCCCCCCCCNC(=O)[C@H](CCSC)NC(=O)[C@H](Cc1ccc(O)cc1)NC(=O)[C@H](Cc1ccc(O)cc1)NC(C)=O. The van der Waals surface area contributed by atoms with E-state index < -0.39 is 35.8 Å². The smallest absolute Gasteiger partial charge is 0.243 e. The van der Waals surface area contributed by atoms with Crippen LogP contribution in [-0.2, 0) is 32.0 Å². The minimum atomic E-state index is -1.07. The van der Waals surface area contributed by atoms with Crippen molar-refractivity contribution in [3.05, 3.63) is 59.7 Å². The third kappa shape index (κ3) is 19.8. The number of carbonyl (C=O) groups is 4. The van der Waals surface area contributed by atoms with E-state index in [1.807, 2.05) is 6.26 Å². The highest BCUT2D eigenvalue weighted by Gasteiger charge is 2.29. The summed E-state index contributed by atoms with van der Waals surface area (Å²) >= 11 is 1.58. The molecule has 0 spiro atoms. The number of phenols is 2. The summed E-state index contributed by atoms with van der Waals surface area (Å²) in [6, 6.07) is 9.81. The Labute approximate surface area is 316 Å². The molecule has 2 rings (SSSR count). The van der Waals surface area contributed by atoms with Gasteiger partial charge in [-0.15, -0.1) is 0 Å². The van der Waals surface area contributed by atoms with E-state index in [-0.39, 0.29) is 30.2 Å². The van der Waals surface area contributed by atoms with Gasteiger partial charge in [0.15, 0.2) is 0 Å². The summed E-state index contributed by atoms with van der Waals surface area (Å²) in [7, 11) is 0. The molecule has 0 unspecified atom stereocenters. The van der Waals surface area contributed by atoms with Crippen molar-refractivity contribution in [2.24, 2.45) is 0 Å². The van der Waals surface area contributed by atoms with Gasteiger partial charge in [0.1, 0.15) is 29.6 Å². The average Bonchev–Trinajstić information content (AvgIpc) is 3.12. The number of hydrogen-bond acceptors (Lipinski definition) is 7. The molecule has 52 heavy (non-hydrogen) atoms. The van der Waals surface area contributed by atoms with Gasteiger partial charge in [0, 0.05) is 26.3 Å². The van der Waals surface area contributed by atoms with Crippen molar-refractivity contribution in [1.82, 2.24) is 21.3 Å². The second kappa shape index (κ2) is 27.0. The lowest BCUT2D eigenvalue weighted by Gasteiger charge is -2.25. The lowest BCUT2D eigenvalue weighted by atomic mass is 10.0. The number of carbonyl (C=O) groups excluding carboxylic acids is 4. The maximum atomic E-state index is 13.8. The first-order valence-electron chi connectivity index (χ1n) is 19.3. The van der Waals surface area contributed by atoms with Gasteiger partial charge < -0.3 is 31.5 Å². The molecular formula is C41H64N4O6S. The summed E-state index contributed by atoms with van der Waals surface area (Å²) in [6.45, 7) is 4.10. The van der Waals surface area contributed by atoms with Crippen LogP contribution in [0, 0.1) is 0 Å². The molecule has 0 aliphatic carbocycles. The van der Waals surface area contributed by atoms with Crippen LogP contribution in [0.1, 0.15) is 121 Å². The molecule has 0 saturated carbocycles. The Hall–Kier alpha value is -3.73. The van der Waals surface area contributed by atoms with Gasteiger partial charge in [0.25, 0.3) is 0 Å². The van der Waals surface area contributed by atoms with Crippen molar-refractivity contribution < 1.29 is 29.4 Å². The fourth-order valence-corrected chi connectivity index (χ4v) is 6.57. The van der Waals surface area contributed by atoms with Crippen LogP contribution in [0.2, 0.25) is 0 Å². The number of thioether (sulfide) groups is 1. The predicted molar refractivity (Wildman–Crippen MR) is 211 cm³/mol. The molecule has 0 aliphatic rings. The molecular weight excluding hydrogens is 677 g/mol. The number of hydrogen-bond donors (Lipinski definition) is 6. The van der Waals surface area contributed by atoms with E-state index in [1.54, 1.807) is 36.0 Å². The van der Waals surface area contributed by atoms with Crippen LogP contribution in [0.4, 0.5) is 0 Å². The first-order chi connectivity index (χ1) is 25.1. The zero-order valence-electron chi connectivity index (χ0n) is 31.7. The summed E-state index contributed by atoms with van der Waals surface area (Å²) in [5.74, 6) is -0.948. The van der Waals surface area contributed by atoms with E-state index in [9.17, 15) is 29.4 Å². The highest BCUT2D eigenvalue weighted by Crippen LogP contribution is 2.15. The summed E-state index contributed by atoms with van der Waals surface area (Å²) in [6.07, 6.45) is 20.2. The van der Waals surface area contributed by atoms with Crippen molar-refractivity contribution >= 4 is 35.4 Å². The molecule has 0 fully saturated rings. The number of phenolic OH excluding ortho intramolecular Hbond substituents is 2. The Balaban J connectivity index is 1.93. The molecule has 10 nitrogen and oxygen atoms in total. The standard InChI is InChI=1S/C41H64N4O6S/c1-4-5-6-7-8-9-10-11-12-13-14-15-16-17-27-42-39(49)36(26-28-52-3)44-41(51)38(30-33-20-24-35(48)25-21-33)45-40(50)37(43-31(2)46)29-32-18-22-34(47)23-19-32/h18-25,36-38,47-48H,4-17,26-30H2,1-3H3,(H,42,49)(H,43,46)(H,44,51)(H,45,50)/t36-,37-,38-/m0/s1. The molecule has 4 amide bonds. The van der Waals surface area contributed by atoms with E-state index in [2.05, 4.69) is 28.2 Å². The minimum absolute atomic E-state index is 0.0704.